The zero-order valence-electron chi connectivity index (χ0n) is 10.6. The van der Waals surface area contributed by atoms with Crippen LogP contribution in [0.3, 0.4) is 0 Å². The second-order valence-corrected chi connectivity index (χ2v) is 5.58. The molecule has 2 rings (SSSR count). The highest BCUT2D eigenvalue weighted by Gasteiger charge is 2.37. The van der Waals surface area contributed by atoms with Gasteiger partial charge in [-0.05, 0) is 44.9 Å². The number of hydrogen-bond donors (Lipinski definition) is 0. The molecule has 1 aromatic carbocycles. The van der Waals surface area contributed by atoms with E-state index in [1.54, 1.807) is 0 Å². The number of rotatable bonds is 1. The number of carbonyl (C=O) groups excluding carboxylic acids is 1. The molecular formula is C14H18ClNO. The van der Waals surface area contributed by atoms with E-state index in [0.717, 1.165) is 29.2 Å². The molecule has 0 aliphatic carbocycles. The predicted molar refractivity (Wildman–Crippen MR) is 71.9 cm³/mol. The van der Waals surface area contributed by atoms with Gasteiger partial charge in [-0.3, -0.25) is 4.79 Å². The van der Waals surface area contributed by atoms with Gasteiger partial charge in [0.05, 0.1) is 5.54 Å². The summed E-state index contributed by atoms with van der Waals surface area (Å²) in [6, 6.07) is 6.01. The van der Waals surface area contributed by atoms with Gasteiger partial charge in [-0.1, -0.05) is 17.7 Å². The lowest BCUT2D eigenvalue weighted by atomic mass is 9.88. The molecule has 0 spiro atoms. The van der Waals surface area contributed by atoms with Gasteiger partial charge in [-0.2, -0.15) is 0 Å². The Morgan fingerprint density at radius 3 is 2.71 bits per heavy atom. The van der Waals surface area contributed by atoms with Crippen molar-refractivity contribution >= 4 is 23.1 Å². The third kappa shape index (κ3) is 2.19. The molecule has 0 unspecified atom stereocenters. The SMILES string of the molecule is Cc1ccc(N2CCCC(=O)C2(C)C)cc1Cl. The van der Waals surface area contributed by atoms with E-state index in [1.165, 1.54) is 0 Å². The van der Waals surface area contributed by atoms with Crippen LogP contribution in [0.1, 0.15) is 32.3 Å². The van der Waals surface area contributed by atoms with Gasteiger partial charge in [-0.15, -0.1) is 0 Å². The van der Waals surface area contributed by atoms with Crippen LogP contribution in [0.4, 0.5) is 5.69 Å². The Hall–Kier alpha value is -1.02. The number of halogens is 1. The van der Waals surface area contributed by atoms with Gasteiger partial charge in [0.15, 0.2) is 5.78 Å². The first-order valence-electron chi connectivity index (χ1n) is 6.00. The van der Waals surface area contributed by atoms with E-state index in [9.17, 15) is 4.79 Å². The van der Waals surface area contributed by atoms with Crippen molar-refractivity contribution in [2.75, 3.05) is 11.4 Å². The third-order valence-electron chi connectivity index (χ3n) is 3.61. The smallest absolute Gasteiger partial charge is 0.157 e. The number of nitrogens with zero attached hydrogens (tertiary/aromatic N) is 1. The lowest BCUT2D eigenvalue weighted by molar-refractivity contribution is -0.124. The molecule has 0 N–H and O–H groups in total. The quantitative estimate of drug-likeness (QED) is 0.760. The number of piperidine rings is 1. The van der Waals surface area contributed by atoms with E-state index in [2.05, 4.69) is 4.90 Å². The number of hydrogen-bond acceptors (Lipinski definition) is 2. The second-order valence-electron chi connectivity index (χ2n) is 5.17. The summed E-state index contributed by atoms with van der Waals surface area (Å²) in [5.74, 6) is 0.306. The van der Waals surface area contributed by atoms with Gasteiger partial charge in [0, 0.05) is 23.7 Å². The first-order chi connectivity index (χ1) is 7.93. The van der Waals surface area contributed by atoms with Crippen LogP contribution in [0.2, 0.25) is 5.02 Å². The second kappa shape index (κ2) is 4.34. The van der Waals surface area contributed by atoms with Gasteiger partial charge >= 0.3 is 0 Å². The van der Waals surface area contributed by atoms with Crippen LogP contribution in [0.15, 0.2) is 18.2 Å². The first kappa shape index (κ1) is 12.4. The molecule has 1 aliphatic heterocycles. The largest absolute Gasteiger partial charge is 0.359 e. The van der Waals surface area contributed by atoms with E-state index in [4.69, 9.17) is 11.6 Å². The molecule has 1 aromatic rings. The summed E-state index contributed by atoms with van der Waals surface area (Å²) in [6.45, 7) is 6.88. The number of benzene rings is 1. The Bertz CT molecular complexity index is 454. The monoisotopic (exact) mass is 251 g/mol. The van der Waals surface area contributed by atoms with Crippen LogP contribution in [-0.2, 0) is 4.79 Å². The van der Waals surface area contributed by atoms with E-state index < -0.39 is 5.54 Å². The third-order valence-corrected chi connectivity index (χ3v) is 4.02. The predicted octanol–water partition coefficient (Wildman–Crippen LogP) is 3.60. The first-order valence-corrected chi connectivity index (χ1v) is 6.38. The van der Waals surface area contributed by atoms with Crippen molar-refractivity contribution in [3.8, 4) is 0 Å². The summed E-state index contributed by atoms with van der Waals surface area (Å²) in [5, 5.41) is 0.760. The minimum atomic E-state index is -0.420. The number of ketones is 1. The number of anilines is 1. The maximum Gasteiger partial charge on any atom is 0.157 e. The van der Waals surface area contributed by atoms with Crippen molar-refractivity contribution in [2.45, 2.75) is 39.2 Å². The Kier molecular flexibility index (Phi) is 3.17. The maximum absolute atomic E-state index is 12.0. The lowest BCUT2D eigenvalue weighted by Crippen LogP contribution is -2.54. The summed E-state index contributed by atoms with van der Waals surface area (Å²) in [7, 11) is 0. The Balaban J connectivity index is 2.38. The molecule has 92 valence electrons. The van der Waals surface area contributed by atoms with Crippen LogP contribution in [0, 0.1) is 6.92 Å². The Morgan fingerprint density at radius 2 is 2.06 bits per heavy atom. The average molecular weight is 252 g/mol. The molecular weight excluding hydrogens is 234 g/mol. The Morgan fingerprint density at radius 1 is 1.35 bits per heavy atom. The standard InChI is InChI=1S/C14H18ClNO/c1-10-6-7-11(9-12(10)15)16-8-4-5-13(17)14(16,2)3/h6-7,9H,4-5,8H2,1-3H3. The van der Waals surface area contributed by atoms with Crippen LogP contribution < -0.4 is 4.90 Å². The average Bonchev–Trinajstić information content (AvgIpc) is 2.26. The van der Waals surface area contributed by atoms with Crippen LogP contribution >= 0.6 is 11.6 Å². The van der Waals surface area contributed by atoms with Crippen molar-refractivity contribution < 1.29 is 4.79 Å². The summed E-state index contributed by atoms with van der Waals surface area (Å²) in [4.78, 5) is 14.1. The maximum atomic E-state index is 12.0. The summed E-state index contributed by atoms with van der Waals surface area (Å²) >= 11 is 6.15. The fourth-order valence-electron chi connectivity index (χ4n) is 2.34. The highest BCUT2D eigenvalue weighted by Crippen LogP contribution is 2.32. The molecule has 1 aliphatic rings. The van der Waals surface area contributed by atoms with Crippen molar-refractivity contribution in [2.24, 2.45) is 0 Å². The minimum absolute atomic E-state index is 0.306. The van der Waals surface area contributed by atoms with E-state index in [0.29, 0.717) is 12.2 Å². The molecule has 1 fully saturated rings. The van der Waals surface area contributed by atoms with Crippen molar-refractivity contribution in [1.82, 2.24) is 0 Å². The van der Waals surface area contributed by atoms with E-state index in [-0.39, 0.29) is 0 Å². The van der Waals surface area contributed by atoms with Crippen molar-refractivity contribution in [1.29, 1.82) is 0 Å². The number of Topliss-reactive ketones (excluding diaryl/α,β-unsaturated/α-hetero) is 1. The van der Waals surface area contributed by atoms with Crippen LogP contribution in [0.5, 0.6) is 0 Å². The van der Waals surface area contributed by atoms with Crippen LogP contribution in [0.25, 0.3) is 0 Å². The molecule has 3 heteroatoms. The molecule has 0 amide bonds. The van der Waals surface area contributed by atoms with Gasteiger partial charge in [-0.25, -0.2) is 0 Å². The number of carbonyl (C=O) groups is 1. The fraction of sp³-hybridized carbons (Fsp3) is 0.500. The normalized spacial score (nSPS) is 19.5. The number of aryl methyl sites for hydroxylation is 1. The van der Waals surface area contributed by atoms with Gasteiger partial charge in [0.25, 0.3) is 0 Å². The molecule has 0 aromatic heterocycles. The minimum Gasteiger partial charge on any atom is -0.359 e. The molecule has 0 saturated carbocycles. The van der Waals surface area contributed by atoms with Crippen molar-refractivity contribution in [3.63, 3.8) is 0 Å². The zero-order chi connectivity index (χ0) is 12.6. The summed E-state index contributed by atoms with van der Waals surface area (Å²) in [6.07, 6.45) is 1.61. The highest BCUT2D eigenvalue weighted by atomic mass is 35.5. The topological polar surface area (TPSA) is 20.3 Å². The Labute approximate surface area is 108 Å². The van der Waals surface area contributed by atoms with E-state index >= 15 is 0 Å². The molecule has 0 radical (unpaired) electrons. The van der Waals surface area contributed by atoms with Crippen molar-refractivity contribution in [3.05, 3.63) is 28.8 Å². The van der Waals surface area contributed by atoms with Gasteiger partial charge in [0.2, 0.25) is 0 Å². The molecule has 1 heterocycles. The van der Waals surface area contributed by atoms with E-state index in [1.807, 2.05) is 39.0 Å². The van der Waals surface area contributed by atoms with Crippen LogP contribution in [-0.4, -0.2) is 17.9 Å². The molecule has 17 heavy (non-hydrogen) atoms. The molecule has 0 bridgehead atoms. The summed E-state index contributed by atoms with van der Waals surface area (Å²) < 4.78 is 0. The van der Waals surface area contributed by atoms with Gasteiger partial charge < -0.3 is 4.90 Å². The lowest BCUT2D eigenvalue weighted by Gasteiger charge is -2.42. The summed E-state index contributed by atoms with van der Waals surface area (Å²) in [5.41, 5.74) is 1.69. The molecule has 1 saturated heterocycles. The fourth-order valence-corrected chi connectivity index (χ4v) is 2.51. The zero-order valence-corrected chi connectivity index (χ0v) is 11.3. The molecule has 0 atom stereocenters. The highest BCUT2D eigenvalue weighted by molar-refractivity contribution is 6.31. The van der Waals surface area contributed by atoms with Gasteiger partial charge in [0.1, 0.15) is 0 Å². The molecule has 2 nitrogen and oxygen atoms in total.